The van der Waals surface area contributed by atoms with E-state index in [1.807, 2.05) is 36.4 Å². The number of hydrogen-bond acceptors (Lipinski definition) is 3. The maximum atomic E-state index is 12.1. The number of anilines is 1. The Bertz CT molecular complexity index is 824. The number of carbonyl (C=O) groups excluding carboxylic acids is 1. The van der Waals surface area contributed by atoms with Gasteiger partial charge in [0.15, 0.2) is 0 Å². The van der Waals surface area contributed by atoms with Gasteiger partial charge in [-0.15, -0.1) is 0 Å². The fraction of sp³-hybridized carbons (Fsp3) is 0.364. The molecule has 1 atom stereocenters. The van der Waals surface area contributed by atoms with Crippen LogP contribution in [0.3, 0.4) is 0 Å². The molecule has 3 N–H and O–H groups in total. The lowest BCUT2D eigenvalue weighted by Gasteiger charge is -2.26. The third kappa shape index (κ3) is 6.21. The van der Waals surface area contributed by atoms with Gasteiger partial charge in [0.05, 0.1) is 12.6 Å². The van der Waals surface area contributed by atoms with Gasteiger partial charge >= 0.3 is 6.03 Å². The number of benzene rings is 2. The number of urea groups is 1. The molecule has 0 aliphatic carbocycles. The fourth-order valence-electron chi connectivity index (χ4n) is 3.52. The molecule has 0 radical (unpaired) electrons. The average molecular weight is 415 g/mol. The molecule has 0 bridgehead atoms. The Morgan fingerprint density at radius 1 is 1.17 bits per heavy atom. The van der Waals surface area contributed by atoms with E-state index < -0.39 is 0 Å². The molecule has 1 heterocycles. The molecular weight excluding hydrogens is 388 g/mol. The van der Waals surface area contributed by atoms with E-state index in [4.69, 9.17) is 21.7 Å². The van der Waals surface area contributed by atoms with Gasteiger partial charge in [0, 0.05) is 37.3 Å². The summed E-state index contributed by atoms with van der Waals surface area (Å²) in [5.74, 6) is 0.617. The summed E-state index contributed by atoms with van der Waals surface area (Å²) >= 11 is 5.86. The van der Waals surface area contributed by atoms with Crippen molar-refractivity contribution in [2.45, 2.75) is 31.8 Å². The highest BCUT2D eigenvalue weighted by atomic mass is 35.5. The van der Waals surface area contributed by atoms with Crippen LogP contribution in [0.4, 0.5) is 10.5 Å². The minimum Gasteiger partial charge on any atom is -0.383 e. The van der Waals surface area contributed by atoms with Crippen molar-refractivity contribution in [1.29, 1.82) is 5.41 Å². The second-order valence-corrected chi connectivity index (χ2v) is 7.64. The van der Waals surface area contributed by atoms with Crippen LogP contribution in [0.25, 0.3) is 0 Å². The molecule has 1 aliphatic heterocycles. The topological polar surface area (TPSA) is 77.5 Å². The zero-order chi connectivity index (χ0) is 20.6. The highest BCUT2D eigenvalue weighted by Crippen LogP contribution is 2.19. The molecule has 2 aromatic rings. The summed E-state index contributed by atoms with van der Waals surface area (Å²) in [6, 6.07) is 15.0. The molecule has 3 rings (SSSR count). The van der Waals surface area contributed by atoms with Crippen molar-refractivity contribution < 1.29 is 9.53 Å². The summed E-state index contributed by atoms with van der Waals surface area (Å²) in [7, 11) is 1.71. The number of carbonyl (C=O) groups is 1. The maximum Gasteiger partial charge on any atom is 0.319 e. The van der Waals surface area contributed by atoms with E-state index in [1.54, 1.807) is 19.2 Å². The largest absolute Gasteiger partial charge is 0.383 e. The average Bonchev–Trinajstić information content (AvgIpc) is 3.18. The van der Waals surface area contributed by atoms with Crippen LogP contribution in [-0.4, -0.2) is 43.1 Å². The quantitative estimate of drug-likeness (QED) is 0.467. The molecule has 6 nitrogen and oxygen atoms in total. The lowest BCUT2D eigenvalue weighted by Crippen LogP contribution is -2.38. The summed E-state index contributed by atoms with van der Waals surface area (Å²) in [4.78, 5) is 14.2. The first-order valence-electron chi connectivity index (χ1n) is 9.76. The number of likely N-dealkylation sites (tertiary alicyclic amines) is 1. The predicted octanol–water partition coefficient (Wildman–Crippen LogP) is 4.29. The zero-order valence-electron chi connectivity index (χ0n) is 16.6. The standard InChI is InChI=1S/C22H27ClN4O2/c1-29-15-20-3-2-12-27(20)21(24)13-16-6-10-19(11-7-16)26-22(28)25-14-17-4-8-18(23)9-5-17/h4-11,20,24H,2-3,12-15H2,1H3,(H2,25,26,28)/t20-/m0/s1. The van der Waals surface area contributed by atoms with Crippen LogP contribution in [0.2, 0.25) is 5.02 Å². The van der Waals surface area contributed by atoms with Crippen LogP contribution >= 0.6 is 11.6 Å². The number of amides is 2. The van der Waals surface area contributed by atoms with Crippen LogP contribution in [-0.2, 0) is 17.7 Å². The minimum absolute atomic E-state index is 0.264. The molecule has 7 heteroatoms. The van der Waals surface area contributed by atoms with Crippen molar-refractivity contribution in [3.05, 3.63) is 64.7 Å². The summed E-state index contributed by atoms with van der Waals surface area (Å²) in [6.07, 6.45) is 2.75. The number of nitrogens with zero attached hydrogens (tertiary/aromatic N) is 1. The molecule has 1 fully saturated rings. The molecule has 0 spiro atoms. The molecule has 29 heavy (non-hydrogen) atoms. The van der Waals surface area contributed by atoms with E-state index >= 15 is 0 Å². The van der Waals surface area contributed by atoms with Gasteiger partial charge in [-0.1, -0.05) is 35.9 Å². The van der Waals surface area contributed by atoms with Gasteiger partial charge in [-0.05, 0) is 48.2 Å². The molecule has 1 saturated heterocycles. The van der Waals surface area contributed by atoms with Crippen LogP contribution in [0, 0.1) is 5.41 Å². The van der Waals surface area contributed by atoms with E-state index in [0.29, 0.717) is 42.2 Å². The Morgan fingerprint density at radius 3 is 2.55 bits per heavy atom. The Balaban J connectivity index is 1.47. The minimum atomic E-state index is -0.264. The molecule has 0 aromatic heterocycles. The molecular formula is C22H27ClN4O2. The van der Waals surface area contributed by atoms with Gasteiger partial charge in [-0.2, -0.15) is 0 Å². The van der Waals surface area contributed by atoms with Crippen LogP contribution in [0.5, 0.6) is 0 Å². The number of hydrogen-bond donors (Lipinski definition) is 3. The lowest BCUT2D eigenvalue weighted by atomic mass is 10.1. The summed E-state index contributed by atoms with van der Waals surface area (Å²) in [6.45, 7) is 2.01. The van der Waals surface area contributed by atoms with E-state index in [9.17, 15) is 4.79 Å². The number of ether oxygens (including phenoxy) is 1. The van der Waals surface area contributed by atoms with Crippen molar-refractivity contribution in [2.24, 2.45) is 0 Å². The predicted molar refractivity (Wildman–Crippen MR) is 117 cm³/mol. The van der Waals surface area contributed by atoms with Crippen molar-refractivity contribution in [3.63, 3.8) is 0 Å². The Labute approximate surface area is 176 Å². The van der Waals surface area contributed by atoms with E-state index in [0.717, 1.165) is 30.5 Å². The molecule has 0 unspecified atom stereocenters. The zero-order valence-corrected chi connectivity index (χ0v) is 17.3. The maximum absolute atomic E-state index is 12.1. The first kappa shape index (κ1) is 21.1. The number of nitrogens with one attached hydrogen (secondary N) is 3. The number of halogens is 1. The van der Waals surface area contributed by atoms with E-state index in [2.05, 4.69) is 15.5 Å². The number of amidine groups is 1. The molecule has 154 valence electrons. The summed E-state index contributed by atoms with van der Waals surface area (Å²) in [5, 5.41) is 14.8. The van der Waals surface area contributed by atoms with Crippen LogP contribution < -0.4 is 10.6 Å². The normalized spacial score (nSPS) is 15.9. The second kappa shape index (κ2) is 10.3. The van der Waals surface area contributed by atoms with Gasteiger partial charge in [0.25, 0.3) is 0 Å². The lowest BCUT2D eigenvalue weighted by molar-refractivity contribution is 0.144. The first-order valence-corrected chi connectivity index (χ1v) is 10.1. The summed E-state index contributed by atoms with van der Waals surface area (Å²) in [5.41, 5.74) is 2.74. The van der Waals surface area contributed by atoms with Crippen LogP contribution in [0.1, 0.15) is 24.0 Å². The Morgan fingerprint density at radius 2 is 1.86 bits per heavy atom. The van der Waals surface area contributed by atoms with Gasteiger partial charge in [0.2, 0.25) is 0 Å². The smallest absolute Gasteiger partial charge is 0.319 e. The highest BCUT2D eigenvalue weighted by molar-refractivity contribution is 6.30. The van der Waals surface area contributed by atoms with E-state index in [1.165, 1.54) is 0 Å². The SMILES string of the molecule is COC[C@@H]1CCCN1C(=N)Cc1ccc(NC(=O)NCc2ccc(Cl)cc2)cc1. The van der Waals surface area contributed by atoms with Crippen molar-refractivity contribution in [1.82, 2.24) is 10.2 Å². The van der Waals surface area contributed by atoms with Crippen LogP contribution in [0.15, 0.2) is 48.5 Å². The molecule has 0 saturated carbocycles. The Kier molecular flexibility index (Phi) is 7.49. The van der Waals surface area contributed by atoms with E-state index in [-0.39, 0.29) is 6.03 Å². The van der Waals surface area contributed by atoms with Gasteiger partial charge in [0.1, 0.15) is 5.84 Å². The second-order valence-electron chi connectivity index (χ2n) is 7.20. The highest BCUT2D eigenvalue weighted by Gasteiger charge is 2.26. The molecule has 2 amide bonds. The monoisotopic (exact) mass is 414 g/mol. The third-order valence-corrected chi connectivity index (χ3v) is 5.28. The molecule has 1 aliphatic rings. The van der Waals surface area contributed by atoms with Crippen molar-refractivity contribution in [3.8, 4) is 0 Å². The first-order chi connectivity index (χ1) is 14.0. The Hall–Kier alpha value is -2.57. The fourth-order valence-corrected chi connectivity index (χ4v) is 3.64. The van der Waals surface area contributed by atoms with Gasteiger partial charge < -0.3 is 20.3 Å². The third-order valence-electron chi connectivity index (χ3n) is 5.03. The number of methoxy groups -OCH3 is 1. The van der Waals surface area contributed by atoms with Gasteiger partial charge in [-0.3, -0.25) is 5.41 Å². The summed E-state index contributed by atoms with van der Waals surface area (Å²) < 4.78 is 5.27. The van der Waals surface area contributed by atoms with Crippen molar-refractivity contribution >= 4 is 29.2 Å². The number of rotatable bonds is 7. The molecule has 2 aromatic carbocycles. The van der Waals surface area contributed by atoms with Crippen molar-refractivity contribution in [2.75, 3.05) is 25.6 Å². The van der Waals surface area contributed by atoms with Gasteiger partial charge in [-0.25, -0.2) is 4.79 Å².